The predicted molar refractivity (Wildman–Crippen MR) is 75.7 cm³/mol. The minimum absolute atomic E-state index is 0.158. The first-order valence-corrected chi connectivity index (χ1v) is 8.15. The average Bonchev–Trinajstić information content (AvgIpc) is 2.37. The van der Waals surface area contributed by atoms with Crippen LogP contribution in [0.5, 0.6) is 0 Å². The molecule has 6 nitrogen and oxygen atoms in total. The van der Waals surface area contributed by atoms with Gasteiger partial charge in [0.1, 0.15) is 0 Å². The second-order valence-corrected chi connectivity index (χ2v) is 7.03. The lowest BCUT2D eigenvalue weighted by atomic mass is 10.1. The van der Waals surface area contributed by atoms with E-state index in [0.29, 0.717) is 30.6 Å². The van der Waals surface area contributed by atoms with Gasteiger partial charge in [0.05, 0.1) is 16.5 Å². The average molecular weight is 297 g/mol. The molecule has 0 saturated carbocycles. The van der Waals surface area contributed by atoms with Crippen molar-refractivity contribution in [1.29, 1.82) is 0 Å². The summed E-state index contributed by atoms with van der Waals surface area (Å²) in [6.07, 6.45) is 1.15. The Balaban J connectivity index is 2.21. The van der Waals surface area contributed by atoms with E-state index in [1.54, 1.807) is 24.0 Å². The number of carbonyl (C=O) groups excluding carboxylic acids is 1. The van der Waals surface area contributed by atoms with Crippen molar-refractivity contribution in [3.63, 3.8) is 0 Å². The van der Waals surface area contributed by atoms with Crippen LogP contribution in [0.4, 0.5) is 0 Å². The highest BCUT2D eigenvalue weighted by Crippen LogP contribution is 2.18. The molecule has 1 aliphatic rings. The Hall–Kier alpha value is -1.47. The summed E-state index contributed by atoms with van der Waals surface area (Å²) >= 11 is 0. The molecule has 0 spiro atoms. The highest BCUT2D eigenvalue weighted by molar-refractivity contribution is 7.89. The Morgan fingerprint density at radius 3 is 2.70 bits per heavy atom. The number of sulfonamides is 1. The molecule has 1 fully saturated rings. The van der Waals surface area contributed by atoms with E-state index in [1.165, 1.54) is 0 Å². The van der Waals surface area contributed by atoms with Crippen LogP contribution in [0.3, 0.4) is 0 Å². The molecule has 0 aliphatic carbocycles. The van der Waals surface area contributed by atoms with Crippen molar-refractivity contribution in [2.75, 3.05) is 13.1 Å². The lowest BCUT2D eigenvalue weighted by molar-refractivity contribution is 0.0725. The molecule has 0 aromatic carbocycles. The van der Waals surface area contributed by atoms with Crippen LogP contribution in [0.25, 0.3) is 0 Å². The van der Waals surface area contributed by atoms with Crippen molar-refractivity contribution in [2.24, 2.45) is 5.14 Å². The summed E-state index contributed by atoms with van der Waals surface area (Å²) in [5, 5.41) is 4.52. The molecule has 7 heteroatoms. The van der Waals surface area contributed by atoms with Gasteiger partial charge in [0.15, 0.2) is 0 Å². The molecule has 2 heterocycles. The maximum absolute atomic E-state index is 12.5. The number of hydrogen-bond donors (Lipinski definition) is 1. The highest BCUT2D eigenvalue weighted by Gasteiger charge is 2.31. The predicted octanol–water partition coefficient (Wildman–Crippen LogP) is 0.592. The number of amides is 1. The number of nitrogens with two attached hydrogens (primary N) is 1. The smallest absolute Gasteiger partial charge is 0.255 e. The number of aryl methyl sites for hydroxylation is 2. The van der Waals surface area contributed by atoms with Crippen molar-refractivity contribution < 1.29 is 13.2 Å². The standard InChI is InChI=1S/C13H19N3O3S/c1-9-5-6-12(10(2)15-9)13(17)16-7-3-4-11(8-16)20(14,18)19/h5-6,11H,3-4,7-8H2,1-2H3,(H2,14,18,19). The van der Waals surface area contributed by atoms with Gasteiger partial charge in [-0.15, -0.1) is 0 Å². The third-order valence-corrected chi connectivity index (χ3v) is 4.90. The Morgan fingerprint density at radius 2 is 2.10 bits per heavy atom. The molecule has 110 valence electrons. The fourth-order valence-corrected chi connectivity index (χ4v) is 3.36. The monoisotopic (exact) mass is 297 g/mol. The summed E-state index contributed by atoms with van der Waals surface area (Å²) in [6, 6.07) is 3.52. The van der Waals surface area contributed by atoms with Crippen molar-refractivity contribution in [3.8, 4) is 0 Å². The van der Waals surface area contributed by atoms with Crippen LogP contribution in [-0.4, -0.2) is 42.5 Å². The summed E-state index contributed by atoms with van der Waals surface area (Å²) in [5.41, 5.74) is 2.03. The molecule has 20 heavy (non-hydrogen) atoms. The number of piperidine rings is 1. The molecule has 1 aromatic heterocycles. The largest absolute Gasteiger partial charge is 0.337 e. The zero-order valence-electron chi connectivity index (χ0n) is 11.7. The van der Waals surface area contributed by atoms with Crippen LogP contribution in [0.2, 0.25) is 0 Å². The third-order valence-electron chi connectivity index (χ3n) is 3.59. The lowest BCUT2D eigenvalue weighted by Crippen LogP contribution is -2.47. The van der Waals surface area contributed by atoms with Gasteiger partial charge < -0.3 is 4.90 Å². The van der Waals surface area contributed by atoms with Crippen molar-refractivity contribution in [1.82, 2.24) is 9.88 Å². The van der Waals surface area contributed by atoms with Gasteiger partial charge >= 0.3 is 0 Å². The minimum Gasteiger partial charge on any atom is -0.337 e. The van der Waals surface area contributed by atoms with Gasteiger partial charge in [0.2, 0.25) is 10.0 Å². The molecular weight excluding hydrogens is 278 g/mol. The molecule has 1 aliphatic heterocycles. The van der Waals surface area contributed by atoms with E-state index in [9.17, 15) is 13.2 Å². The van der Waals surface area contributed by atoms with Crippen LogP contribution < -0.4 is 5.14 Å². The molecule has 0 radical (unpaired) electrons. The Kier molecular flexibility index (Phi) is 4.10. The van der Waals surface area contributed by atoms with E-state index >= 15 is 0 Å². The van der Waals surface area contributed by atoms with Gasteiger partial charge in [0.25, 0.3) is 5.91 Å². The number of likely N-dealkylation sites (tertiary alicyclic amines) is 1. The zero-order chi connectivity index (χ0) is 14.9. The number of rotatable bonds is 2. The van der Waals surface area contributed by atoms with Gasteiger partial charge in [-0.3, -0.25) is 9.78 Å². The Labute approximate surface area is 119 Å². The van der Waals surface area contributed by atoms with E-state index in [4.69, 9.17) is 5.14 Å². The van der Waals surface area contributed by atoms with Crippen LogP contribution >= 0.6 is 0 Å². The fourth-order valence-electron chi connectivity index (χ4n) is 2.47. The molecule has 2 N–H and O–H groups in total. The van der Waals surface area contributed by atoms with E-state index in [0.717, 1.165) is 5.69 Å². The van der Waals surface area contributed by atoms with Gasteiger partial charge in [-0.25, -0.2) is 13.6 Å². The van der Waals surface area contributed by atoms with E-state index < -0.39 is 15.3 Å². The number of aromatic nitrogens is 1. The van der Waals surface area contributed by atoms with Crippen molar-refractivity contribution in [2.45, 2.75) is 31.9 Å². The molecule has 1 unspecified atom stereocenters. The van der Waals surface area contributed by atoms with Gasteiger partial charge in [-0.1, -0.05) is 0 Å². The fraction of sp³-hybridized carbons (Fsp3) is 0.538. The lowest BCUT2D eigenvalue weighted by Gasteiger charge is -2.31. The van der Waals surface area contributed by atoms with Crippen LogP contribution in [0.1, 0.15) is 34.6 Å². The Bertz CT molecular complexity index is 628. The van der Waals surface area contributed by atoms with Crippen molar-refractivity contribution in [3.05, 3.63) is 29.1 Å². The molecular formula is C13H19N3O3S. The SMILES string of the molecule is Cc1ccc(C(=O)N2CCCC(S(N)(=O)=O)C2)c(C)n1. The Morgan fingerprint density at radius 1 is 1.40 bits per heavy atom. The van der Waals surface area contributed by atoms with Gasteiger partial charge in [0, 0.05) is 18.8 Å². The minimum atomic E-state index is -3.60. The summed E-state index contributed by atoms with van der Waals surface area (Å²) in [7, 11) is -3.60. The summed E-state index contributed by atoms with van der Waals surface area (Å²) < 4.78 is 22.9. The maximum Gasteiger partial charge on any atom is 0.255 e. The molecule has 0 bridgehead atoms. The number of pyridine rings is 1. The molecule has 1 atom stereocenters. The maximum atomic E-state index is 12.5. The van der Waals surface area contributed by atoms with Gasteiger partial charge in [-0.2, -0.15) is 0 Å². The van der Waals surface area contributed by atoms with Crippen LogP contribution in [0.15, 0.2) is 12.1 Å². The van der Waals surface area contributed by atoms with E-state index in [-0.39, 0.29) is 12.5 Å². The summed E-state index contributed by atoms with van der Waals surface area (Å²) in [5.74, 6) is -0.177. The normalized spacial score (nSPS) is 19.9. The first-order chi connectivity index (χ1) is 9.29. The first-order valence-electron chi connectivity index (χ1n) is 6.54. The number of primary sulfonamides is 1. The van der Waals surface area contributed by atoms with Gasteiger partial charge in [-0.05, 0) is 38.8 Å². The number of carbonyl (C=O) groups is 1. The molecule has 1 amide bonds. The van der Waals surface area contributed by atoms with E-state index in [1.807, 2.05) is 6.92 Å². The molecule has 2 rings (SSSR count). The quantitative estimate of drug-likeness (QED) is 0.864. The van der Waals surface area contributed by atoms with Crippen molar-refractivity contribution >= 4 is 15.9 Å². The highest BCUT2D eigenvalue weighted by atomic mass is 32.2. The number of hydrogen-bond acceptors (Lipinski definition) is 4. The third kappa shape index (κ3) is 3.16. The van der Waals surface area contributed by atoms with Crippen LogP contribution in [0, 0.1) is 13.8 Å². The second-order valence-electron chi connectivity index (χ2n) is 5.19. The van der Waals surface area contributed by atoms with E-state index in [2.05, 4.69) is 4.98 Å². The summed E-state index contributed by atoms with van der Waals surface area (Å²) in [6.45, 7) is 4.35. The topological polar surface area (TPSA) is 93.4 Å². The summed E-state index contributed by atoms with van der Waals surface area (Å²) in [4.78, 5) is 18.3. The first kappa shape index (κ1) is 14.9. The number of nitrogens with zero attached hydrogens (tertiary/aromatic N) is 2. The molecule has 1 aromatic rings. The zero-order valence-corrected chi connectivity index (χ0v) is 12.5. The van der Waals surface area contributed by atoms with Crippen LogP contribution in [-0.2, 0) is 10.0 Å². The second kappa shape index (κ2) is 5.49. The molecule has 1 saturated heterocycles.